The zero-order chi connectivity index (χ0) is 25.4. The Hall–Kier alpha value is -2.92. The highest BCUT2D eigenvalue weighted by atomic mass is 19.4. The molecule has 7 rings (SSSR count). The van der Waals surface area contributed by atoms with E-state index in [-0.39, 0.29) is 22.9 Å². The first-order chi connectivity index (χ1) is 17.7. The van der Waals surface area contributed by atoms with Gasteiger partial charge in [-0.15, -0.1) is 10.2 Å². The summed E-state index contributed by atoms with van der Waals surface area (Å²) in [6.45, 7) is 3.28. The molecule has 12 heteroatoms. The fourth-order valence-electron chi connectivity index (χ4n) is 6.90. The van der Waals surface area contributed by atoms with Crippen molar-refractivity contribution < 1.29 is 18.0 Å². The van der Waals surface area contributed by atoms with E-state index in [1.807, 2.05) is 9.80 Å². The average molecular weight is 517 g/mol. The Morgan fingerprint density at radius 1 is 0.892 bits per heavy atom. The minimum atomic E-state index is -4.48. The first kappa shape index (κ1) is 23.2. The van der Waals surface area contributed by atoms with Gasteiger partial charge in [0, 0.05) is 54.9 Å². The van der Waals surface area contributed by atoms with E-state index in [0.29, 0.717) is 17.7 Å². The third-order valence-electron chi connectivity index (χ3n) is 9.22. The van der Waals surface area contributed by atoms with E-state index in [1.54, 1.807) is 0 Å². The molecule has 3 aliphatic carbocycles. The quantitative estimate of drug-likeness (QED) is 0.633. The van der Waals surface area contributed by atoms with E-state index in [2.05, 4.69) is 30.5 Å². The van der Waals surface area contributed by atoms with Crippen LogP contribution >= 0.6 is 0 Å². The number of hydrogen-bond donors (Lipinski definition) is 2. The van der Waals surface area contributed by atoms with E-state index >= 15 is 0 Å². The first-order valence-electron chi connectivity index (χ1n) is 13.3. The third kappa shape index (κ3) is 4.21. The third-order valence-corrected chi connectivity index (χ3v) is 9.22. The molecule has 2 aromatic heterocycles. The van der Waals surface area contributed by atoms with Crippen molar-refractivity contribution in [3.8, 4) is 0 Å². The maximum absolute atomic E-state index is 13.0. The highest BCUT2D eigenvalue weighted by Gasteiger charge is 2.57. The number of nitrogens with zero attached hydrogens (tertiary/aromatic N) is 6. The van der Waals surface area contributed by atoms with Crippen molar-refractivity contribution in [1.82, 2.24) is 34.9 Å². The number of anilines is 1. The van der Waals surface area contributed by atoms with Crippen LogP contribution in [0.15, 0.2) is 12.4 Å². The molecule has 198 valence electrons. The van der Waals surface area contributed by atoms with Crippen LogP contribution in [-0.4, -0.2) is 73.2 Å². The number of halogens is 3. The summed E-state index contributed by atoms with van der Waals surface area (Å²) < 4.78 is 38.0. The van der Waals surface area contributed by atoms with Crippen LogP contribution in [0.25, 0.3) is 0 Å². The summed E-state index contributed by atoms with van der Waals surface area (Å²) in [5, 5.41) is 11.9. The molecule has 0 radical (unpaired) electrons. The zero-order valence-corrected chi connectivity index (χ0v) is 20.6. The number of hydrogen-bond acceptors (Lipinski definition) is 6. The van der Waals surface area contributed by atoms with Crippen LogP contribution in [0.5, 0.6) is 0 Å². The van der Waals surface area contributed by atoms with Gasteiger partial charge in [-0.2, -0.15) is 13.2 Å². The molecule has 0 aromatic carbocycles. The molecular weight excluding hydrogens is 485 g/mol. The van der Waals surface area contributed by atoms with Crippen molar-refractivity contribution in [1.29, 1.82) is 0 Å². The number of carbonyl (C=O) groups is 1. The fourth-order valence-corrected chi connectivity index (χ4v) is 6.90. The number of amides is 2. The van der Waals surface area contributed by atoms with Crippen molar-refractivity contribution in [3.63, 3.8) is 0 Å². The molecule has 0 bridgehead atoms. The zero-order valence-electron chi connectivity index (χ0n) is 20.6. The number of likely N-dealkylation sites (tertiary alicyclic amines) is 2. The highest BCUT2D eigenvalue weighted by molar-refractivity contribution is 5.77. The molecule has 3 saturated carbocycles. The van der Waals surface area contributed by atoms with Gasteiger partial charge in [0.05, 0.1) is 12.4 Å². The normalized spacial score (nSPS) is 25.1. The lowest BCUT2D eigenvalue weighted by Gasteiger charge is -2.61. The number of alkyl halides is 3. The highest BCUT2D eigenvalue weighted by Crippen LogP contribution is 2.56. The fraction of sp³-hybridized carbons (Fsp3) is 0.720. The minimum absolute atomic E-state index is 0.160. The summed E-state index contributed by atoms with van der Waals surface area (Å²) in [5.41, 5.74) is -0.544. The average Bonchev–Trinajstić information content (AvgIpc) is 3.53. The van der Waals surface area contributed by atoms with Gasteiger partial charge in [0.2, 0.25) is 0 Å². The largest absolute Gasteiger partial charge is 0.434 e. The van der Waals surface area contributed by atoms with Gasteiger partial charge in [0.25, 0.3) is 0 Å². The predicted octanol–water partition coefficient (Wildman–Crippen LogP) is 4.15. The Balaban J connectivity index is 0.838. The molecule has 4 heterocycles. The number of urea groups is 1. The van der Waals surface area contributed by atoms with E-state index in [1.165, 1.54) is 12.8 Å². The van der Waals surface area contributed by atoms with Gasteiger partial charge in [-0.1, -0.05) is 0 Å². The van der Waals surface area contributed by atoms with Crippen LogP contribution in [0.1, 0.15) is 80.5 Å². The summed E-state index contributed by atoms with van der Waals surface area (Å²) in [7, 11) is 0. The molecule has 2 spiro atoms. The summed E-state index contributed by atoms with van der Waals surface area (Å²) in [6, 6.07) is 0.323. The van der Waals surface area contributed by atoms with Crippen molar-refractivity contribution in [2.24, 2.45) is 10.8 Å². The Bertz CT molecular complexity index is 1160. The number of carbonyl (C=O) groups excluding carboxylic acids is 1. The number of aromatic amines is 1. The molecule has 0 unspecified atom stereocenters. The summed E-state index contributed by atoms with van der Waals surface area (Å²) in [4.78, 5) is 27.8. The van der Waals surface area contributed by atoms with Crippen molar-refractivity contribution in [2.75, 3.05) is 31.5 Å². The van der Waals surface area contributed by atoms with Gasteiger partial charge in [-0.25, -0.2) is 14.8 Å². The molecule has 0 atom stereocenters. The molecule has 2 amide bonds. The monoisotopic (exact) mass is 516 g/mol. The predicted molar refractivity (Wildman–Crippen MR) is 127 cm³/mol. The molecule has 37 heavy (non-hydrogen) atoms. The van der Waals surface area contributed by atoms with Gasteiger partial charge in [-0.05, 0) is 51.4 Å². The van der Waals surface area contributed by atoms with E-state index in [9.17, 15) is 18.0 Å². The van der Waals surface area contributed by atoms with Crippen LogP contribution in [-0.2, 0) is 6.18 Å². The summed E-state index contributed by atoms with van der Waals surface area (Å²) in [6.07, 6.45) is 5.83. The smallest absolute Gasteiger partial charge is 0.366 e. The van der Waals surface area contributed by atoms with E-state index in [0.717, 1.165) is 88.7 Å². The van der Waals surface area contributed by atoms with Gasteiger partial charge in [-0.3, -0.25) is 0 Å². The summed E-state index contributed by atoms with van der Waals surface area (Å²) >= 11 is 0. The Morgan fingerprint density at radius 3 is 2.08 bits per heavy atom. The topological polar surface area (TPSA) is 103 Å². The van der Waals surface area contributed by atoms with E-state index < -0.39 is 11.9 Å². The first-order valence-corrected chi connectivity index (χ1v) is 13.3. The second-order valence-electron chi connectivity index (χ2n) is 12.2. The Labute approximate surface area is 212 Å². The van der Waals surface area contributed by atoms with Gasteiger partial charge in [0.15, 0.2) is 5.69 Å². The molecule has 2 N–H and O–H groups in total. The number of aromatic nitrogens is 5. The number of H-pyrrole nitrogens is 1. The molecule has 5 aliphatic rings. The SMILES string of the molecule is O=C(N1CC2(CCC(Nc3cnc(C(F)(F)F)cn3)CC2)C1)N1CC2(CC(c3nnc(C4CC4)[nH]3)C2)C1. The van der Waals surface area contributed by atoms with Crippen molar-refractivity contribution >= 4 is 11.8 Å². The summed E-state index contributed by atoms with van der Waals surface area (Å²) in [5.74, 6) is 3.48. The van der Waals surface area contributed by atoms with E-state index in [4.69, 9.17) is 0 Å². The lowest BCUT2D eigenvalue weighted by molar-refractivity contribution is -0.141. The number of nitrogens with one attached hydrogen (secondary N) is 2. The number of rotatable bonds is 4. The Morgan fingerprint density at radius 2 is 1.51 bits per heavy atom. The standard InChI is InChI=1S/C25H31F3N8O/c26-25(27,28)18-9-30-19(10-29-18)31-17-3-5-23(6-4-17)11-35(12-23)22(37)36-13-24(14-36)7-16(8-24)21-32-20(33-34-21)15-1-2-15/h9-10,15-17H,1-8,11-14H2,(H,30,31)(H,32,33,34). The molecular formula is C25H31F3N8O. The van der Waals surface area contributed by atoms with Crippen LogP contribution < -0.4 is 5.32 Å². The second-order valence-corrected chi connectivity index (χ2v) is 12.2. The van der Waals surface area contributed by atoms with Crippen LogP contribution in [0.2, 0.25) is 0 Å². The molecule has 9 nitrogen and oxygen atoms in total. The second kappa shape index (κ2) is 8.04. The van der Waals surface area contributed by atoms with Gasteiger partial charge < -0.3 is 20.1 Å². The van der Waals surface area contributed by atoms with Crippen molar-refractivity contribution in [3.05, 3.63) is 29.7 Å². The molecule has 2 aliphatic heterocycles. The van der Waals surface area contributed by atoms with Gasteiger partial charge >= 0.3 is 12.2 Å². The van der Waals surface area contributed by atoms with Crippen LogP contribution in [0, 0.1) is 10.8 Å². The maximum atomic E-state index is 13.0. The molecule has 5 fully saturated rings. The van der Waals surface area contributed by atoms with Crippen molar-refractivity contribution in [2.45, 2.75) is 75.4 Å². The minimum Gasteiger partial charge on any atom is -0.366 e. The maximum Gasteiger partial charge on any atom is 0.434 e. The lowest BCUT2D eigenvalue weighted by atomic mass is 9.57. The Kier molecular flexibility index (Phi) is 5.04. The van der Waals surface area contributed by atoms with Gasteiger partial charge in [0.1, 0.15) is 17.5 Å². The molecule has 2 aromatic rings. The molecule has 2 saturated heterocycles. The lowest BCUT2D eigenvalue weighted by Crippen LogP contribution is -2.69. The van der Waals surface area contributed by atoms with Crippen LogP contribution in [0.4, 0.5) is 23.8 Å². The van der Waals surface area contributed by atoms with Crippen LogP contribution in [0.3, 0.4) is 0 Å².